The number of rotatable bonds is 5. The fourth-order valence-corrected chi connectivity index (χ4v) is 3.45. The first kappa shape index (κ1) is 18.6. The molecule has 0 aliphatic carbocycles. The molecule has 4 nitrogen and oxygen atoms in total. The lowest BCUT2D eigenvalue weighted by atomic mass is 10.0. The van der Waals surface area contributed by atoms with E-state index in [1.807, 2.05) is 30.5 Å². The number of aryl methyl sites for hydroxylation is 3. The SMILES string of the molecule is Cc1ccc(C)c(-c2csc(NC(=O)COc3ccc(Br)c(C)c3)n2)c1. The van der Waals surface area contributed by atoms with Crippen LogP contribution in [0, 0.1) is 20.8 Å². The first-order valence-electron chi connectivity index (χ1n) is 8.14. The average Bonchev–Trinajstić information content (AvgIpc) is 3.06. The van der Waals surface area contributed by atoms with Crippen molar-refractivity contribution >= 4 is 38.3 Å². The van der Waals surface area contributed by atoms with Crippen LogP contribution in [0.1, 0.15) is 16.7 Å². The van der Waals surface area contributed by atoms with E-state index in [1.54, 1.807) is 0 Å². The zero-order valence-electron chi connectivity index (χ0n) is 14.8. The quantitative estimate of drug-likeness (QED) is 0.579. The van der Waals surface area contributed by atoms with Crippen LogP contribution in [0.5, 0.6) is 5.75 Å². The maximum atomic E-state index is 12.1. The minimum absolute atomic E-state index is 0.0561. The first-order valence-corrected chi connectivity index (χ1v) is 9.81. The van der Waals surface area contributed by atoms with Crippen LogP contribution < -0.4 is 10.1 Å². The Hall–Kier alpha value is -2.18. The Morgan fingerprint density at radius 2 is 1.96 bits per heavy atom. The molecule has 2 aromatic carbocycles. The normalized spacial score (nSPS) is 10.6. The summed E-state index contributed by atoms with van der Waals surface area (Å²) >= 11 is 4.85. The van der Waals surface area contributed by atoms with Gasteiger partial charge in [0, 0.05) is 15.4 Å². The van der Waals surface area contributed by atoms with Crippen molar-refractivity contribution < 1.29 is 9.53 Å². The molecular weight excluding hydrogens is 412 g/mol. The van der Waals surface area contributed by atoms with Gasteiger partial charge in [-0.15, -0.1) is 11.3 Å². The Bertz CT molecular complexity index is 953. The number of thiazole rings is 1. The number of carbonyl (C=O) groups excluding carboxylic acids is 1. The molecule has 0 saturated carbocycles. The molecule has 1 aromatic heterocycles. The van der Waals surface area contributed by atoms with E-state index in [9.17, 15) is 4.79 Å². The molecule has 1 N–H and O–H groups in total. The van der Waals surface area contributed by atoms with E-state index < -0.39 is 0 Å². The molecule has 0 spiro atoms. The van der Waals surface area contributed by atoms with Gasteiger partial charge in [-0.2, -0.15) is 0 Å². The van der Waals surface area contributed by atoms with Gasteiger partial charge in [0.2, 0.25) is 0 Å². The summed E-state index contributed by atoms with van der Waals surface area (Å²) in [5.74, 6) is 0.434. The minimum atomic E-state index is -0.229. The Morgan fingerprint density at radius 1 is 1.15 bits per heavy atom. The van der Waals surface area contributed by atoms with Crippen molar-refractivity contribution in [3.8, 4) is 17.0 Å². The molecule has 26 heavy (non-hydrogen) atoms. The van der Waals surface area contributed by atoms with Gasteiger partial charge in [-0.05, 0) is 56.2 Å². The summed E-state index contributed by atoms with van der Waals surface area (Å²) in [5, 5.41) is 5.32. The molecule has 0 unspecified atom stereocenters. The highest BCUT2D eigenvalue weighted by Gasteiger charge is 2.11. The van der Waals surface area contributed by atoms with Crippen LogP contribution in [0.4, 0.5) is 5.13 Å². The molecule has 0 aliphatic heterocycles. The number of benzene rings is 2. The van der Waals surface area contributed by atoms with E-state index >= 15 is 0 Å². The highest BCUT2D eigenvalue weighted by Crippen LogP contribution is 2.28. The average molecular weight is 431 g/mol. The lowest BCUT2D eigenvalue weighted by molar-refractivity contribution is -0.118. The fraction of sp³-hybridized carbons (Fsp3) is 0.200. The maximum absolute atomic E-state index is 12.1. The van der Waals surface area contributed by atoms with E-state index in [-0.39, 0.29) is 12.5 Å². The summed E-state index contributed by atoms with van der Waals surface area (Å²) in [7, 11) is 0. The molecule has 0 fully saturated rings. The summed E-state index contributed by atoms with van der Waals surface area (Å²) in [4.78, 5) is 16.7. The molecule has 134 valence electrons. The Balaban J connectivity index is 1.62. The molecule has 0 aliphatic rings. The molecule has 0 saturated heterocycles. The van der Waals surface area contributed by atoms with Crippen LogP contribution in [-0.4, -0.2) is 17.5 Å². The van der Waals surface area contributed by atoms with Crippen LogP contribution in [-0.2, 0) is 4.79 Å². The highest BCUT2D eigenvalue weighted by atomic mass is 79.9. The summed E-state index contributed by atoms with van der Waals surface area (Å²) in [6, 6.07) is 11.9. The van der Waals surface area contributed by atoms with Crippen molar-refractivity contribution in [2.24, 2.45) is 0 Å². The Kier molecular flexibility index (Phi) is 5.74. The molecular formula is C20H19BrN2O2S. The van der Waals surface area contributed by atoms with E-state index in [2.05, 4.69) is 58.3 Å². The van der Waals surface area contributed by atoms with E-state index in [0.717, 1.165) is 26.9 Å². The molecule has 0 radical (unpaired) electrons. The molecule has 0 atom stereocenters. The highest BCUT2D eigenvalue weighted by molar-refractivity contribution is 9.10. The number of nitrogens with zero attached hydrogens (tertiary/aromatic N) is 1. The zero-order valence-corrected chi connectivity index (χ0v) is 17.2. The summed E-state index contributed by atoms with van der Waals surface area (Å²) < 4.78 is 6.56. The second kappa shape index (κ2) is 8.01. The summed E-state index contributed by atoms with van der Waals surface area (Å²) in [6.07, 6.45) is 0. The van der Waals surface area contributed by atoms with Crippen molar-refractivity contribution in [1.82, 2.24) is 4.98 Å². The lowest BCUT2D eigenvalue weighted by Crippen LogP contribution is -2.20. The van der Waals surface area contributed by atoms with Crippen molar-refractivity contribution in [1.29, 1.82) is 0 Å². The van der Waals surface area contributed by atoms with Gasteiger partial charge < -0.3 is 4.74 Å². The van der Waals surface area contributed by atoms with Gasteiger partial charge in [0.15, 0.2) is 11.7 Å². The van der Waals surface area contributed by atoms with Crippen LogP contribution in [0.2, 0.25) is 0 Å². The van der Waals surface area contributed by atoms with Gasteiger partial charge in [0.1, 0.15) is 5.75 Å². The number of hydrogen-bond donors (Lipinski definition) is 1. The predicted octanol–water partition coefficient (Wildman–Crippen LogP) is 5.52. The minimum Gasteiger partial charge on any atom is -0.484 e. The second-order valence-corrected chi connectivity index (χ2v) is 7.82. The number of anilines is 1. The van der Waals surface area contributed by atoms with Gasteiger partial charge in [0.25, 0.3) is 5.91 Å². The summed E-state index contributed by atoms with van der Waals surface area (Å²) in [6.45, 7) is 6.03. The van der Waals surface area contributed by atoms with E-state index in [4.69, 9.17) is 4.74 Å². The van der Waals surface area contributed by atoms with Crippen LogP contribution in [0.25, 0.3) is 11.3 Å². The molecule has 3 rings (SSSR count). The molecule has 0 bridgehead atoms. The van der Waals surface area contributed by atoms with E-state index in [0.29, 0.717) is 10.9 Å². The first-order chi connectivity index (χ1) is 12.4. The number of aromatic nitrogens is 1. The molecule has 1 amide bonds. The van der Waals surface area contributed by atoms with Crippen molar-refractivity contribution in [2.75, 3.05) is 11.9 Å². The smallest absolute Gasteiger partial charge is 0.264 e. The molecule has 3 aromatic rings. The predicted molar refractivity (Wildman–Crippen MR) is 110 cm³/mol. The lowest BCUT2D eigenvalue weighted by Gasteiger charge is -2.07. The number of nitrogens with one attached hydrogen (secondary N) is 1. The van der Waals surface area contributed by atoms with Gasteiger partial charge in [0.05, 0.1) is 5.69 Å². The Morgan fingerprint density at radius 3 is 2.73 bits per heavy atom. The number of carbonyl (C=O) groups is 1. The molecule has 6 heteroatoms. The zero-order chi connectivity index (χ0) is 18.7. The van der Waals surface area contributed by atoms with Crippen molar-refractivity contribution in [2.45, 2.75) is 20.8 Å². The number of ether oxygens (including phenoxy) is 1. The third kappa shape index (κ3) is 4.51. The van der Waals surface area contributed by atoms with Gasteiger partial charge in [-0.25, -0.2) is 4.98 Å². The fourth-order valence-electron chi connectivity index (χ4n) is 2.48. The largest absolute Gasteiger partial charge is 0.484 e. The number of amides is 1. The van der Waals surface area contributed by atoms with Crippen molar-refractivity contribution in [3.05, 3.63) is 62.9 Å². The van der Waals surface area contributed by atoms with Crippen LogP contribution in [0.15, 0.2) is 46.3 Å². The van der Waals surface area contributed by atoms with Gasteiger partial charge in [-0.3, -0.25) is 10.1 Å². The van der Waals surface area contributed by atoms with E-state index in [1.165, 1.54) is 16.9 Å². The Labute approximate surface area is 165 Å². The van der Waals surface area contributed by atoms with Crippen LogP contribution in [0.3, 0.4) is 0 Å². The number of halogens is 1. The number of hydrogen-bond acceptors (Lipinski definition) is 4. The monoisotopic (exact) mass is 430 g/mol. The standard InChI is InChI=1S/C20H19BrN2O2S/c1-12-4-5-13(2)16(8-12)18-11-26-20(22-18)23-19(24)10-25-15-6-7-17(21)14(3)9-15/h4-9,11H,10H2,1-3H3,(H,22,23,24). The summed E-state index contributed by atoms with van der Waals surface area (Å²) in [5.41, 5.74) is 5.36. The second-order valence-electron chi connectivity index (χ2n) is 6.10. The maximum Gasteiger partial charge on any atom is 0.264 e. The van der Waals surface area contributed by atoms with Crippen LogP contribution >= 0.6 is 27.3 Å². The topological polar surface area (TPSA) is 51.2 Å². The molecule has 1 heterocycles. The van der Waals surface area contributed by atoms with Gasteiger partial charge >= 0.3 is 0 Å². The van der Waals surface area contributed by atoms with Gasteiger partial charge in [-0.1, -0.05) is 33.6 Å². The van der Waals surface area contributed by atoms with Crippen molar-refractivity contribution in [3.63, 3.8) is 0 Å². The third-order valence-electron chi connectivity index (χ3n) is 3.92. The third-order valence-corrected chi connectivity index (χ3v) is 5.57.